The summed E-state index contributed by atoms with van der Waals surface area (Å²) < 4.78 is 29.1. The molecule has 2 unspecified atom stereocenters. The van der Waals surface area contributed by atoms with Crippen molar-refractivity contribution >= 4 is 11.9 Å². The van der Waals surface area contributed by atoms with Crippen molar-refractivity contribution in [3.05, 3.63) is 30.1 Å². The Kier molecular flexibility index (Phi) is 5.92. The van der Waals surface area contributed by atoms with E-state index in [2.05, 4.69) is 0 Å². The molecule has 2 rings (SSSR count). The minimum Gasteiger partial charge on any atom is -0.485 e. The summed E-state index contributed by atoms with van der Waals surface area (Å²) in [5.41, 5.74) is 0. The molecular weight excluding hydrogens is 305 g/mol. The Morgan fingerprint density at radius 1 is 1.35 bits per heavy atom. The number of halogens is 1. The van der Waals surface area contributed by atoms with Crippen LogP contribution in [0.4, 0.5) is 4.39 Å². The van der Waals surface area contributed by atoms with Crippen LogP contribution >= 0.6 is 0 Å². The monoisotopic (exact) mass is 325 g/mol. The van der Waals surface area contributed by atoms with Crippen LogP contribution in [-0.2, 0) is 19.1 Å². The number of benzene rings is 1. The summed E-state index contributed by atoms with van der Waals surface area (Å²) in [5, 5.41) is 0. The first-order valence-corrected chi connectivity index (χ1v) is 7.43. The van der Waals surface area contributed by atoms with Gasteiger partial charge in [-0.1, -0.05) is 12.1 Å². The second-order valence-electron chi connectivity index (χ2n) is 5.13. The van der Waals surface area contributed by atoms with Crippen molar-refractivity contribution < 1.29 is 28.2 Å². The highest BCUT2D eigenvalue weighted by atomic mass is 19.1. The molecule has 0 spiro atoms. The lowest BCUT2D eigenvalue weighted by molar-refractivity contribution is -0.152. The number of methoxy groups -OCH3 is 1. The zero-order chi connectivity index (χ0) is 16.8. The third-order valence-corrected chi connectivity index (χ3v) is 3.62. The van der Waals surface area contributed by atoms with E-state index in [0.29, 0.717) is 6.61 Å². The smallest absolute Gasteiger partial charge is 0.328 e. The second kappa shape index (κ2) is 7.92. The van der Waals surface area contributed by atoms with Crippen molar-refractivity contribution in [3.8, 4) is 5.75 Å². The fraction of sp³-hybridized carbons (Fsp3) is 0.500. The number of hydrogen-bond acceptors (Lipinski definition) is 5. The van der Waals surface area contributed by atoms with E-state index in [-0.39, 0.29) is 31.2 Å². The Morgan fingerprint density at radius 3 is 2.74 bits per heavy atom. The number of para-hydroxylation sites is 1. The Bertz CT molecular complexity index is 565. The predicted molar refractivity (Wildman–Crippen MR) is 79.4 cm³/mol. The van der Waals surface area contributed by atoms with Crippen molar-refractivity contribution in [1.29, 1.82) is 0 Å². The highest BCUT2D eigenvalue weighted by molar-refractivity contribution is 5.86. The SMILES string of the molecule is CCOCC(=O)N1CC(Oc2ccccc2F)CC1C(=O)OC. The number of hydrogen-bond donors (Lipinski definition) is 0. The molecule has 1 aromatic rings. The van der Waals surface area contributed by atoms with Gasteiger partial charge in [0.15, 0.2) is 11.6 Å². The van der Waals surface area contributed by atoms with Crippen molar-refractivity contribution in [2.24, 2.45) is 0 Å². The molecule has 0 saturated carbocycles. The summed E-state index contributed by atoms with van der Waals surface area (Å²) in [6.45, 7) is 2.24. The molecule has 6 nitrogen and oxygen atoms in total. The van der Waals surface area contributed by atoms with Crippen LogP contribution in [0.15, 0.2) is 24.3 Å². The van der Waals surface area contributed by atoms with E-state index >= 15 is 0 Å². The number of likely N-dealkylation sites (tertiary alicyclic amines) is 1. The fourth-order valence-electron chi connectivity index (χ4n) is 2.51. The number of ether oxygens (including phenoxy) is 3. The van der Waals surface area contributed by atoms with Gasteiger partial charge in [0.2, 0.25) is 5.91 Å². The zero-order valence-electron chi connectivity index (χ0n) is 13.2. The lowest BCUT2D eigenvalue weighted by Crippen LogP contribution is -2.43. The fourth-order valence-corrected chi connectivity index (χ4v) is 2.51. The molecule has 1 aliphatic rings. The quantitative estimate of drug-likeness (QED) is 0.740. The average Bonchev–Trinajstić information content (AvgIpc) is 2.98. The first-order chi connectivity index (χ1) is 11.1. The molecule has 23 heavy (non-hydrogen) atoms. The molecular formula is C16H20FNO5. The van der Waals surface area contributed by atoms with Crippen LogP contribution in [0.2, 0.25) is 0 Å². The maximum Gasteiger partial charge on any atom is 0.328 e. The van der Waals surface area contributed by atoms with Crippen LogP contribution in [-0.4, -0.2) is 55.8 Å². The van der Waals surface area contributed by atoms with Gasteiger partial charge in [0.05, 0.1) is 13.7 Å². The van der Waals surface area contributed by atoms with Crippen molar-refractivity contribution in [2.75, 3.05) is 26.9 Å². The van der Waals surface area contributed by atoms with Gasteiger partial charge >= 0.3 is 5.97 Å². The summed E-state index contributed by atoms with van der Waals surface area (Å²) >= 11 is 0. The van der Waals surface area contributed by atoms with Gasteiger partial charge in [-0.3, -0.25) is 4.79 Å². The van der Waals surface area contributed by atoms with Gasteiger partial charge in [0, 0.05) is 13.0 Å². The maximum absolute atomic E-state index is 13.7. The van der Waals surface area contributed by atoms with Crippen molar-refractivity contribution in [3.63, 3.8) is 0 Å². The minimum atomic E-state index is -0.746. The Hall–Kier alpha value is -2.15. The topological polar surface area (TPSA) is 65.1 Å². The summed E-state index contributed by atoms with van der Waals surface area (Å²) in [7, 11) is 1.26. The first-order valence-electron chi connectivity index (χ1n) is 7.43. The highest BCUT2D eigenvalue weighted by Gasteiger charge is 2.41. The summed E-state index contributed by atoms with van der Waals surface area (Å²) in [6.07, 6.45) is -0.236. The van der Waals surface area contributed by atoms with E-state index < -0.39 is 23.9 Å². The number of nitrogens with zero attached hydrogens (tertiary/aromatic N) is 1. The van der Waals surface area contributed by atoms with Crippen LogP contribution in [0.25, 0.3) is 0 Å². The number of carbonyl (C=O) groups is 2. The Balaban J connectivity index is 2.08. The van der Waals surface area contributed by atoms with Gasteiger partial charge in [0.1, 0.15) is 18.8 Å². The van der Waals surface area contributed by atoms with E-state index in [0.717, 1.165) is 0 Å². The van der Waals surface area contributed by atoms with E-state index in [1.165, 1.54) is 24.1 Å². The van der Waals surface area contributed by atoms with Gasteiger partial charge in [-0.05, 0) is 19.1 Å². The zero-order valence-corrected chi connectivity index (χ0v) is 13.2. The molecule has 0 aromatic heterocycles. The largest absolute Gasteiger partial charge is 0.485 e. The molecule has 0 bridgehead atoms. The van der Waals surface area contributed by atoms with Gasteiger partial charge in [0.25, 0.3) is 0 Å². The molecule has 1 saturated heterocycles. The molecule has 1 aliphatic heterocycles. The Morgan fingerprint density at radius 2 is 2.09 bits per heavy atom. The van der Waals surface area contributed by atoms with Crippen LogP contribution < -0.4 is 4.74 Å². The summed E-state index contributed by atoms with van der Waals surface area (Å²) in [4.78, 5) is 25.4. The van der Waals surface area contributed by atoms with Crippen LogP contribution in [0, 0.1) is 5.82 Å². The van der Waals surface area contributed by atoms with E-state index in [1.807, 2.05) is 0 Å². The van der Waals surface area contributed by atoms with E-state index in [1.54, 1.807) is 19.1 Å². The highest BCUT2D eigenvalue weighted by Crippen LogP contribution is 2.25. The van der Waals surface area contributed by atoms with Gasteiger partial charge in [-0.2, -0.15) is 0 Å². The first kappa shape index (κ1) is 17.2. The standard InChI is InChI=1S/C16H20FNO5/c1-3-22-10-15(19)18-9-11(8-13(18)16(20)21-2)23-14-7-5-4-6-12(14)17/h4-7,11,13H,3,8-10H2,1-2H3. The number of rotatable bonds is 6. The lowest BCUT2D eigenvalue weighted by atomic mass is 10.2. The molecule has 0 radical (unpaired) electrons. The van der Waals surface area contributed by atoms with E-state index in [9.17, 15) is 14.0 Å². The Labute approximate surface area is 134 Å². The van der Waals surface area contributed by atoms with Gasteiger partial charge < -0.3 is 19.1 Å². The molecule has 2 atom stereocenters. The van der Waals surface area contributed by atoms with Crippen LogP contribution in [0.1, 0.15) is 13.3 Å². The van der Waals surface area contributed by atoms with Crippen LogP contribution in [0.5, 0.6) is 5.75 Å². The number of esters is 1. The van der Waals surface area contributed by atoms with E-state index in [4.69, 9.17) is 14.2 Å². The minimum absolute atomic E-state index is 0.0974. The third-order valence-electron chi connectivity index (χ3n) is 3.62. The average molecular weight is 325 g/mol. The molecule has 7 heteroatoms. The van der Waals surface area contributed by atoms with Crippen molar-refractivity contribution in [1.82, 2.24) is 4.90 Å². The maximum atomic E-state index is 13.7. The second-order valence-corrected chi connectivity index (χ2v) is 5.13. The number of amides is 1. The molecule has 0 N–H and O–H groups in total. The predicted octanol–water partition coefficient (Wildman–Crippen LogP) is 1.38. The molecule has 126 valence electrons. The molecule has 1 heterocycles. The normalized spacial score (nSPS) is 20.4. The molecule has 0 aliphatic carbocycles. The lowest BCUT2D eigenvalue weighted by Gasteiger charge is -2.22. The molecule has 1 fully saturated rings. The molecule has 1 amide bonds. The van der Waals surface area contributed by atoms with Crippen LogP contribution in [0.3, 0.4) is 0 Å². The van der Waals surface area contributed by atoms with Gasteiger partial charge in [-0.25, -0.2) is 9.18 Å². The van der Waals surface area contributed by atoms with Gasteiger partial charge in [-0.15, -0.1) is 0 Å². The molecule has 1 aromatic carbocycles. The third kappa shape index (κ3) is 4.19. The summed E-state index contributed by atoms with van der Waals surface area (Å²) in [6, 6.07) is 5.27. The summed E-state index contributed by atoms with van der Waals surface area (Å²) in [5.74, 6) is -1.22. The number of carbonyl (C=O) groups excluding carboxylic acids is 2. The van der Waals surface area contributed by atoms with Crippen molar-refractivity contribution in [2.45, 2.75) is 25.5 Å².